The SMILES string of the molecule is CCCCCC=[P+](c1ccc(C(C)(C)C)cc1C(C)(C)C)c1ccc(C(C)(C)C)cc1C(C)(C)C. The molecule has 0 aliphatic carbocycles. The zero-order valence-corrected chi connectivity index (χ0v) is 26.2. The molecule has 2 rings (SSSR count). The average molecular weight is 494 g/mol. The van der Waals surface area contributed by atoms with E-state index < -0.39 is 7.55 Å². The fourth-order valence-corrected chi connectivity index (χ4v) is 7.45. The van der Waals surface area contributed by atoms with E-state index in [2.05, 4.69) is 132 Å². The van der Waals surface area contributed by atoms with Crippen LogP contribution in [0.2, 0.25) is 0 Å². The molecule has 0 fully saturated rings. The van der Waals surface area contributed by atoms with Crippen molar-refractivity contribution in [1.82, 2.24) is 0 Å². The second kappa shape index (κ2) is 10.9. The van der Waals surface area contributed by atoms with Gasteiger partial charge in [-0.05, 0) is 51.3 Å². The maximum Gasteiger partial charge on any atom is 0.166 e. The highest BCUT2D eigenvalue weighted by Crippen LogP contribution is 2.38. The van der Waals surface area contributed by atoms with Gasteiger partial charge in [-0.15, -0.1) is 0 Å². The first-order chi connectivity index (χ1) is 15.9. The summed E-state index contributed by atoms with van der Waals surface area (Å²) in [6.07, 6.45) is 5.05. The third kappa shape index (κ3) is 7.79. The van der Waals surface area contributed by atoms with Gasteiger partial charge in [0.15, 0.2) is 18.2 Å². The topological polar surface area (TPSA) is 0 Å². The number of rotatable bonds is 6. The van der Waals surface area contributed by atoms with Crippen molar-refractivity contribution in [2.24, 2.45) is 0 Å². The van der Waals surface area contributed by atoms with Gasteiger partial charge < -0.3 is 0 Å². The Kier molecular flexibility index (Phi) is 9.31. The molecular formula is C34H54P+. The van der Waals surface area contributed by atoms with Gasteiger partial charge in [0.2, 0.25) is 0 Å². The maximum absolute atomic E-state index is 2.69. The monoisotopic (exact) mass is 493 g/mol. The number of hydrogen-bond acceptors (Lipinski definition) is 0. The van der Waals surface area contributed by atoms with E-state index in [0.717, 1.165) is 0 Å². The van der Waals surface area contributed by atoms with E-state index in [9.17, 15) is 0 Å². The largest absolute Gasteiger partial charge is 0.166 e. The van der Waals surface area contributed by atoms with E-state index in [-0.39, 0.29) is 21.7 Å². The van der Waals surface area contributed by atoms with Crippen LogP contribution in [-0.2, 0) is 21.7 Å². The lowest BCUT2D eigenvalue weighted by molar-refractivity contribution is 0.571. The van der Waals surface area contributed by atoms with Crippen LogP contribution in [-0.4, -0.2) is 5.80 Å². The second-order valence-electron chi connectivity index (χ2n) is 14.5. The summed E-state index contributed by atoms with van der Waals surface area (Å²) in [5, 5.41) is 3.09. The molecule has 2 aromatic carbocycles. The lowest BCUT2D eigenvalue weighted by atomic mass is 9.80. The Morgan fingerprint density at radius 2 is 0.971 bits per heavy atom. The normalized spacial score (nSPS) is 13.2. The standard InChI is InChI=1S/C34H54P/c1-14-15-16-17-22-35(29-20-18-25(31(2,3)4)23-27(29)33(8,9)10)30-21-19-26(32(5,6)7)24-28(30)34(11,12)13/h18-24H,14-17H2,1-13H3/q+1. The van der Waals surface area contributed by atoms with Crippen LogP contribution in [0.3, 0.4) is 0 Å². The van der Waals surface area contributed by atoms with Crippen molar-refractivity contribution in [3.05, 3.63) is 58.7 Å². The lowest BCUT2D eigenvalue weighted by Gasteiger charge is -2.27. The van der Waals surface area contributed by atoms with Gasteiger partial charge in [-0.25, -0.2) is 0 Å². The molecule has 0 unspecified atom stereocenters. The third-order valence-corrected chi connectivity index (χ3v) is 9.42. The molecule has 0 atom stereocenters. The highest BCUT2D eigenvalue weighted by molar-refractivity contribution is 7.72. The van der Waals surface area contributed by atoms with Crippen molar-refractivity contribution in [3.63, 3.8) is 0 Å². The first-order valence-electron chi connectivity index (χ1n) is 13.8. The molecule has 0 aromatic heterocycles. The fourth-order valence-electron chi connectivity index (χ4n) is 4.57. The molecule has 0 amide bonds. The van der Waals surface area contributed by atoms with Gasteiger partial charge in [0, 0.05) is 17.5 Å². The minimum atomic E-state index is -0.559. The molecular weight excluding hydrogens is 439 g/mol. The molecule has 0 N–H and O–H groups in total. The molecule has 0 bridgehead atoms. The summed E-state index contributed by atoms with van der Waals surface area (Å²) in [7, 11) is -0.559. The van der Waals surface area contributed by atoms with Crippen molar-refractivity contribution in [2.75, 3.05) is 0 Å². The molecule has 0 aliphatic rings. The van der Waals surface area contributed by atoms with Gasteiger partial charge in [0.25, 0.3) is 0 Å². The van der Waals surface area contributed by atoms with Crippen LogP contribution in [0.1, 0.15) is 138 Å². The summed E-state index contributed by atoms with van der Waals surface area (Å²) in [6, 6.07) is 14.8. The minimum Gasteiger partial charge on any atom is -0.0654 e. The van der Waals surface area contributed by atoms with Crippen LogP contribution in [0, 0.1) is 0 Å². The predicted octanol–water partition coefficient (Wildman–Crippen LogP) is 9.69. The van der Waals surface area contributed by atoms with Crippen LogP contribution in [0.25, 0.3) is 0 Å². The van der Waals surface area contributed by atoms with Crippen LogP contribution < -0.4 is 10.6 Å². The van der Waals surface area contributed by atoms with Crippen LogP contribution in [0.5, 0.6) is 0 Å². The van der Waals surface area contributed by atoms with Crippen molar-refractivity contribution in [3.8, 4) is 0 Å². The highest BCUT2D eigenvalue weighted by Gasteiger charge is 2.34. The highest BCUT2D eigenvalue weighted by atomic mass is 31.1. The molecule has 194 valence electrons. The summed E-state index contributed by atoms with van der Waals surface area (Å²) < 4.78 is 0. The molecule has 0 saturated heterocycles. The smallest absolute Gasteiger partial charge is 0.0654 e. The summed E-state index contributed by atoms with van der Waals surface area (Å²) in [6.45, 7) is 30.6. The second-order valence-corrected chi connectivity index (χ2v) is 16.6. The number of unbranched alkanes of at least 4 members (excludes halogenated alkanes) is 3. The molecule has 1 heteroatoms. The van der Waals surface area contributed by atoms with E-state index in [4.69, 9.17) is 0 Å². The Hall–Kier alpha value is -1.39. The van der Waals surface area contributed by atoms with E-state index >= 15 is 0 Å². The van der Waals surface area contributed by atoms with E-state index in [1.807, 2.05) is 0 Å². The molecule has 0 spiro atoms. The summed E-state index contributed by atoms with van der Waals surface area (Å²) in [4.78, 5) is 0. The molecule has 0 saturated carbocycles. The van der Waals surface area contributed by atoms with Crippen molar-refractivity contribution < 1.29 is 0 Å². The van der Waals surface area contributed by atoms with Gasteiger partial charge in [-0.1, -0.05) is 127 Å². The van der Waals surface area contributed by atoms with Gasteiger partial charge >= 0.3 is 0 Å². The summed E-state index contributed by atoms with van der Waals surface area (Å²) in [5.74, 6) is 2.69. The lowest BCUT2D eigenvalue weighted by Crippen LogP contribution is -2.29. The van der Waals surface area contributed by atoms with Crippen LogP contribution in [0.4, 0.5) is 0 Å². The van der Waals surface area contributed by atoms with Gasteiger partial charge in [0.1, 0.15) is 0 Å². The van der Waals surface area contributed by atoms with Gasteiger partial charge in [0.05, 0.1) is 5.80 Å². The van der Waals surface area contributed by atoms with Gasteiger partial charge in [-0.3, -0.25) is 0 Å². The maximum atomic E-state index is 2.69. The Bertz CT molecular complexity index is 947. The van der Waals surface area contributed by atoms with Crippen molar-refractivity contribution in [1.29, 1.82) is 0 Å². The van der Waals surface area contributed by atoms with E-state index in [0.29, 0.717) is 0 Å². The first-order valence-corrected chi connectivity index (χ1v) is 15.2. The van der Waals surface area contributed by atoms with Crippen LogP contribution in [0.15, 0.2) is 36.4 Å². The third-order valence-electron chi connectivity index (χ3n) is 6.98. The minimum absolute atomic E-state index is 0.0989. The van der Waals surface area contributed by atoms with Crippen molar-refractivity contribution >= 4 is 24.0 Å². The molecule has 0 radical (unpaired) electrons. The predicted molar refractivity (Wildman–Crippen MR) is 164 cm³/mol. The Balaban J connectivity index is 2.88. The zero-order chi connectivity index (χ0) is 26.8. The first kappa shape index (κ1) is 29.8. The van der Waals surface area contributed by atoms with Crippen molar-refractivity contribution in [2.45, 2.75) is 137 Å². The Morgan fingerprint density at radius 1 is 0.571 bits per heavy atom. The van der Waals surface area contributed by atoms with Gasteiger partial charge in [-0.2, -0.15) is 0 Å². The fraction of sp³-hybridized carbons (Fsp3) is 0.618. The molecule has 0 heterocycles. The Labute approximate surface area is 219 Å². The van der Waals surface area contributed by atoms with Crippen LogP contribution >= 0.6 is 7.55 Å². The molecule has 0 nitrogen and oxygen atoms in total. The average Bonchev–Trinajstić information content (AvgIpc) is 2.70. The summed E-state index contributed by atoms with van der Waals surface area (Å²) in [5.41, 5.74) is 6.40. The number of benzene rings is 2. The summed E-state index contributed by atoms with van der Waals surface area (Å²) >= 11 is 0. The molecule has 2 aromatic rings. The Morgan fingerprint density at radius 3 is 1.29 bits per heavy atom. The van der Waals surface area contributed by atoms with E-state index in [1.165, 1.54) is 47.9 Å². The quantitative estimate of drug-likeness (QED) is 0.277. The van der Waals surface area contributed by atoms with E-state index in [1.54, 1.807) is 10.6 Å². The zero-order valence-electron chi connectivity index (χ0n) is 25.3. The molecule has 35 heavy (non-hydrogen) atoms. The number of hydrogen-bond donors (Lipinski definition) is 0. The molecule has 0 aliphatic heterocycles.